The van der Waals surface area contributed by atoms with E-state index in [0.717, 1.165) is 22.4 Å². The lowest BCUT2D eigenvalue weighted by Crippen LogP contribution is -2.32. The number of aryl methyl sites for hydroxylation is 2. The maximum absolute atomic E-state index is 13.6. The lowest BCUT2D eigenvalue weighted by Gasteiger charge is -2.16. The van der Waals surface area contributed by atoms with Crippen molar-refractivity contribution in [1.29, 1.82) is 0 Å². The van der Waals surface area contributed by atoms with Gasteiger partial charge in [0.15, 0.2) is 0 Å². The van der Waals surface area contributed by atoms with Crippen molar-refractivity contribution in [2.75, 3.05) is 19.5 Å². The van der Waals surface area contributed by atoms with E-state index in [1.165, 1.54) is 4.90 Å². The molecule has 0 saturated heterocycles. The van der Waals surface area contributed by atoms with Crippen LogP contribution in [0.15, 0.2) is 72.4 Å². The Morgan fingerprint density at radius 1 is 0.818 bits per heavy atom. The number of nitrogens with one attached hydrogen (secondary N) is 1. The highest BCUT2D eigenvalue weighted by Crippen LogP contribution is 2.36. The summed E-state index contributed by atoms with van der Waals surface area (Å²) < 4.78 is 10.7. The van der Waals surface area contributed by atoms with Gasteiger partial charge in [-0.2, -0.15) is 0 Å². The third-order valence-electron chi connectivity index (χ3n) is 5.82. The molecule has 0 bridgehead atoms. The van der Waals surface area contributed by atoms with Crippen LogP contribution in [0.4, 0.5) is 5.69 Å². The molecule has 4 rings (SSSR count). The Morgan fingerprint density at radius 3 is 2.21 bits per heavy atom. The van der Waals surface area contributed by atoms with Crippen LogP contribution >= 0.6 is 0 Å². The van der Waals surface area contributed by atoms with E-state index in [9.17, 15) is 9.59 Å². The van der Waals surface area contributed by atoms with E-state index in [-0.39, 0.29) is 24.1 Å². The van der Waals surface area contributed by atoms with Gasteiger partial charge in [0.05, 0.1) is 26.3 Å². The summed E-state index contributed by atoms with van der Waals surface area (Å²) in [6.07, 6.45) is 0. The molecule has 0 saturated carbocycles. The van der Waals surface area contributed by atoms with Crippen LogP contribution < -0.4 is 14.8 Å². The zero-order valence-corrected chi connectivity index (χ0v) is 19.1. The van der Waals surface area contributed by atoms with Gasteiger partial charge in [0.25, 0.3) is 11.8 Å². The SMILES string of the molecule is COc1ccc(CN2C(=O)C(Nc3ccc(C)c(C)c3)=C(c3ccccc3OC)C2=O)cc1. The van der Waals surface area contributed by atoms with E-state index in [1.807, 2.05) is 68.4 Å². The molecule has 168 valence electrons. The van der Waals surface area contributed by atoms with Gasteiger partial charge in [-0.1, -0.05) is 36.4 Å². The molecule has 2 amide bonds. The number of amides is 2. The van der Waals surface area contributed by atoms with Crippen molar-refractivity contribution in [2.45, 2.75) is 20.4 Å². The van der Waals surface area contributed by atoms with Crippen LogP contribution in [0, 0.1) is 13.8 Å². The molecule has 0 unspecified atom stereocenters. The average molecular weight is 443 g/mol. The first-order chi connectivity index (χ1) is 15.9. The van der Waals surface area contributed by atoms with E-state index in [4.69, 9.17) is 9.47 Å². The topological polar surface area (TPSA) is 67.9 Å². The Morgan fingerprint density at radius 2 is 1.55 bits per heavy atom. The Balaban J connectivity index is 1.75. The molecular weight excluding hydrogens is 416 g/mol. The summed E-state index contributed by atoms with van der Waals surface area (Å²) in [6.45, 7) is 4.19. The summed E-state index contributed by atoms with van der Waals surface area (Å²) in [7, 11) is 3.14. The number of benzene rings is 3. The van der Waals surface area contributed by atoms with Crippen molar-refractivity contribution in [3.63, 3.8) is 0 Å². The summed E-state index contributed by atoms with van der Waals surface area (Å²) in [5, 5.41) is 3.22. The summed E-state index contributed by atoms with van der Waals surface area (Å²) in [5.41, 5.74) is 4.91. The number of para-hydroxylation sites is 1. The van der Waals surface area contributed by atoms with Crippen LogP contribution in [0.25, 0.3) is 5.57 Å². The van der Waals surface area contributed by atoms with Gasteiger partial charge in [-0.15, -0.1) is 0 Å². The summed E-state index contributed by atoms with van der Waals surface area (Å²) in [4.78, 5) is 28.3. The second-order valence-electron chi connectivity index (χ2n) is 7.92. The van der Waals surface area contributed by atoms with Crippen LogP contribution in [0.3, 0.4) is 0 Å². The van der Waals surface area contributed by atoms with Gasteiger partial charge in [0.1, 0.15) is 17.2 Å². The fourth-order valence-corrected chi connectivity index (χ4v) is 3.81. The van der Waals surface area contributed by atoms with Crippen LogP contribution in [-0.4, -0.2) is 30.9 Å². The molecule has 0 fully saturated rings. The minimum Gasteiger partial charge on any atom is -0.497 e. The molecule has 0 atom stereocenters. The smallest absolute Gasteiger partial charge is 0.278 e. The normalized spacial score (nSPS) is 13.5. The molecule has 3 aromatic carbocycles. The first-order valence-corrected chi connectivity index (χ1v) is 10.6. The van der Waals surface area contributed by atoms with E-state index >= 15 is 0 Å². The molecule has 6 nitrogen and oxygen atoms in total. The third kappa shape index (κ3) is 4.32. The molecule has 0 aromatic heterocycles. The standard InChI is InChI=1S/C27H26N2O4/c1-17-9-12-20(15-18(17)2)28-25-24(22-7-5-6-8-23(22)33-4)26(30)29(27(25)31)16-19-10-13-21(32-3)14-11-19/h5-15,28H,16H2,1-4H3. The molecule has 33 heavy (non-hydrogen) atoms. The van der Waals surface area contributed by atoms with Crippen molar-refractivity contribution in [1.82, 2.24) is 4.90 Å². The van der Waals surface area contributed by atoms with Crippen molar-refractivity contribution >= 4 is 23.1 Å². The molecule has 1 heterocycles. The zero-order valence-electron chi connectivity index (χ0n) is 19.1. The molecule has 0 spiro atoms. The van der Waals surface area contributed by atoms with Gasteiger partial charge >= 0.3 is 0 Å². The lowest BCUT2D eigenvalue weighted by molar-refractivity contribution is -0.137. The molecule has 3 aromatic rings. The van der Waals surface area contributed by atoms with E-state index in [2.05, 4.69) is 5.32 Å². The fraction of sp³-hybridized carbons (Fsp3) is 0.185. The highest BCUT2D eigenvalue weighted by Gasteiger charge is 2.40. The Bertz CT molecular complexity index is 1250. The largest absolute Gasteiger partial charge is 0.497 e. The Hall–Kier alpha value is -4.06. The maximum Gasteiger partial charge on any atom is 0.278 e. The molecular formula is C27H26N2O4. The highest BCUT2D eigenvalue weighted by atomic mass is 16.5. The summed E-state index contributed by atoms with van der Waals surface area (Å²) in [6, 6.07) is 20.4. The monoisotopic (exact) mass is 442 g/mol. The number of imide groups is 1. The Kier molecular flexibility index (Phi) is 6.18. The van der Waals surface area contributed by atoms with E-state index in [0.29, 0.717) is 22.6 Å². The van der Waals surface area contributed by atoms with Crippen molar-refractivity contribution < 1.29 is 19.1 Å². The number of methoxy groups -OCH3 is 2. The van der Waals surface area contributed by atoms with Gasteiger partial charge in [-0.3, -0.25) is 14.5 Å². The summed E-state index contributed by atoms with van der Waals surface area (Å²) in [5.74, 6) is 0.490. The fourth-order valence-electron chi connectivity index (χ4n) is 3.81. The summed E-state index contributed by atoms with van der Waals surface area (Å²) >= 11 is 0. The second-order valence-corrected chi connectivity index (χ2v) is 7.92. The van der Waals surface area contributed by atoms with Gasteiger partial charge in [-0.25, -0.2) is 0 Å². The van der Waals surface area contributed by atoms with Crippen molar-refractivity contribution in [3.8, 4) is 11.5 Å². The molecule has 6 heteroatoms. The van der Waals surface area contributed by atoms with Gasteiger partial charge in [0, 0.05) is 11.3 Å². The van der Waals surface area contributed by atoms with Crippen LogP contribution in [-0.2, 0) is 16.1 Å². The average Bonchev–Trinajstić information content (AvgIpc) is 3.06. The van der Waals surface area contributed by atoms with Crippen LogP contribution in [0.2, 0.25) is 0 Å². The third-order valence-corrected chi connectivity index (χ3v) is 5.82. The van der Waals surface area contributed by atoms with E-state index < -0.39 is 0 Å². The highest BCUT2D eigenvalue weighted by molar-refractivity contribution is 6.36. The molecule has 0 aliphatic carbocycles. The van der Waals surface area contributed by atoms with Gasteiger partial charge in [-0.05, 0) is 60.9 Å². The van der Waals surface area contributed by atoms with Crippen molar-refractivity contribution in [3.05, 3.63) is 94.7 Å². The maximum atomic E-state index is 13.6. The lowest BCUT2D eigenvalue weighted by atomic mass is 10.0. The molecule has 1 aliphatic heterocycles. The number of anilines is 1. The van der Waals surface area contributed by atoms with E-state index in [1.54, 1.807) is 26.4 Å². The minimum atomic E-state index is -0.380. The number of rotatable bonds is 7. The first kappa shape index (κ1) is 22.1. The van der Waals surface area contributed by atoms with Crippen LogP contribution in [0.1, 0.15) is 22.3 Å². The first-order valence-electron chi connectivity index (χ1n) is 10.6. The minimum absolute atomic E-state index is 0.151. The number of carbonyl (C=O) groups is 2. The number of hydrogen-bond acceptors (Lipinski definition) is 5. The van der Waals surface area contributed by atoms with Gasteiger partial charge < -0.3 is 14.8 Å². The molecule has 1 aliphatic rings. The molecule has 1 N–H and O–H groups in total. The Labute approximate surface area is 193 Å². The predicted octanol–water partition coefficient (Wildman–Crippen LogP) is 4.71. The number of hydrogen-bond donors (Lipinski definition) is 1. The molecule has 0 radical (unpaired) electrons. The van der Waals surface area contributed by atoms with Crippen LogP contribution in [0.5, 0.6) is 11.5 Å². The number of ether oxygens (including phenoxy) is 2. The van der Waals surface area contributed by atoms with Gasteiger partial charge in [0.2, 0.25) is 0 Å². The predicted molar refractivity (Wildman–Crippen MR) is 128 cm³/mol. The quantitative estimate of drug-likeness (QED) is 0.537. The zero-order chi connectivity index (χ0) is 23.5. The number of carbonyl (C=O) groups excluding carboxylic acids is 2. The second kappa shape index (κ2) is 9.20. The number of nitrogens with zero attached hydrogens (tertiary/aromatic N) is 1. The van der Waals surface area contributed by atoms with Crippen molar-refractivity contribution in [2.24, 2.45) is 0 Å².